The van der Waals surface area contributed by atoms with Gasteiger partial charge in [-0.2, -0.15) is 5.26 Å². The largest absolute Gasteiger partial charge is 0.387 e. The van der Waals surface area contributed by atoms with E-state index in [0.29, 0.717) is 5.56 Å². The van der Waals surface area contributed by atoms with Gasteiger partial charge in [-0.25, -0.2) is 0 Å². The third kappa shape index (κ3) is 2.61. The monoisotopic (exact) mass is 324 g/mol. The number of aliphatic hydroxyl groups excluding tert-OH is 1. The first-order valence-electron chi connectivity index (χ1n) is 7.43. The van der Waals surface area contributed by atoms with E-state index in [1.807, 2.05) is 38.1 Å². The third-order valence-corrected chi connectivity index (χ3v) is 4.44. The molecule has 3 rings (SSSR count). The fourth-order valence-electron chi connectivity index (χ4n) is 3.07. The van der Waals surface area contributed by atoms with Gasteiger partial charge >= 0.3 is 0 Å². The minimum absolute atomic E-state index is 0.154. The van der Waals surface area contributed by atoms with E-state index in [1.54, 1.807) is 12.1 Å². The van der Waals surface area contributed by atoms with Crippen molar-refractivity contribution in [3.05, 3.63) is 64.8 Å². The minimum Gasteiger partial charge on any atom is -0.387 e. The molecule has 0 aliphatic carbocycles. The van der Waals surface area contributed by atoms with Gasteiger partial charge in [-0.05, 0) is 49.7 Å². The summed E-state index contributed by atoms with van der Waals surface area (Å²) in [5.74, 6) is 0.154. The van der Waals surface area contributed by atoms with Gasteiger partial charge in [-0.15, -0.1) is 11.6 Å². The van der Waals surface area contributed by atoms with Crippen molar-refractivity contribution in [2.75, 3.05) is 5.88 Å². The number of alkyl halides is 1. The maximum absolute atomic E-state index is 10.3. The average Bonchev–Trinajstić information content (AvgIpc) is 2.85. The van der Waals surface area contributed by atoms with E-state index < -0.39 is 6.10 Å². The highest BCUT2D eigenvalue weighted by Gasteiger charge is 2.20. The van der Waals surface area contributed by atoms with Crippen molar-refractivity contribution in [3.63, 3.8) is 0 Å². The molecule has 0 bridgehead atoms. The zero-order chi connectivity index (χ0) is 16.6. The van der Waals surface area contributed by atoms with Crippen LogP contribution in [0.25, 0.3) is 16.6 Å². The maximum atomic E-state index is 10.3. The fraction of sp³-hybridized carbons (Fsp3) is 0.211. The molecule has 1 heterocycles. The van der Waals surface area contributed by atoms with E-state index >= 15 is 0 Å². The van der Waals surface area contributed by atoms with Gasteiger partial charge in [0.05, 0.1) is 29.1 Å². The van der Waals surface area contributed by atoms with E-state index in [-0.39, 0.29) is 5.88 Å². The predicted octanol–water partition coefficient (Wildman–Crippen LogP) is 4.39. The standard InChI is InChI=1S/C19H17ClN2O/c1-12-3-8-16-17(9-12)22(13(2)19(16)18(23)10-20)15-6-4-14(11-21)5-7-15/h3-9,18,23H,10H2,1-2H3. The fourth-order valence-corrected chi connectivity index (χ4v) is 3.22. The lowest BCUT2D eigenvalue weighted by molar-refractivity contribution is 0.203. The number of benzene rings is 2. The van der Waals surface area contributed by atoms with Crippen LogP contribution in [-0.4, -0.2) is 15.6 Å². The lowest BCUT2D eigenvalue weighted by Crippen LogP contribution is -2.02. The summed E-state index contributed by atoms with van der Waals surface area (Å²) < 4.78 is 2.11. The highest BCUT2D eigenvalue weighted by atomic mass is 35.5. The Bertz CT molecular complexity index is 904. The molecule has 4 heteroatoms. The van der Waals surface area contributed by atoms with Crippen LogP contribution in [0.1, 0.15) is 28.5 Å². The van der Waals surface area contributed by atoms with Crippen molar-refractivity contribution < 1.29 is 5.11 Å². The maximum Gasteiger partial charge on any atom is 0.0991 e. The molecule has 0 amide bonds. The van der Waals surface area contributed by atoms with Crippen LogP contribution in [0, 0.1) is 25.2 Å². The summed E-state index contributed by atoms with van der Waals surface area (Å²) in [4.78, 5) is 0. The van der Waals surface area contributed by atoms with Gasteiger partial charge < -0.3 is 9.67 Å². The summed E-state index contributed by atoms with van der Waals surface area (Å²) in [6.45, 7) is 4.03. The Hall–Kier alpha value is -2.28. The van der Waals surface area contributed by atoms with Crippen molar-refractivity contribution >= 4 is 22.5 Å². The molecule has 0 saturated carbocycles. The Balaban J connectivity index is 2.32. The summed E-state index contributed by atoms with van der Waals surface area (Å²) in [5.41, 5.74) is 5.59. The Morgan fingerprint density at radius 1 is 1.17 bits per heavy atom. The van der Waals surface area contributed by atoms with Crippen LogP contribution >= 0.6 is 11.6 Å². The van der Waals surface area contributed by atoms with Crippen molar-refractivity contribution in [2.24, 2.45) is 0 Å². The van der Waals surface area contributed by atoms with E-state index in [9.17, 15) is 5.11 Å². The molecule has 3 aromatic rings. The highest BCUT2D eigenvalue weighted by molar-refractivity contribution is 6.18. The first-order chi connectivity index (χ1) is 11.1. The third-order valence-electron chi connectivity index (χ3n) is 4.14. The molecule has 1 aromatic heterocycles. The number of nitrogens with zero attached hydrogens (tertiary/aromatic N) is 2. The van der Waals surface area contributed by atoms with Gasteiger partial charge in [-0.1, -0.05) is 12.1 Å². The van der Waals surface area contributed by atoms with E-state index in [1.165, 1.54) is 0 Å². The first-order valence-corrected chi connectivity index (χ1v) is 7.96. The molecule has 1 N–H and O–H groups in total. The van der Waals surface area contributed by atoms with Gasteiger partial charge in [0.2, 0.25) is 0 Å². The quantitative estimate of drug-likeness (QED) is 0.726. The molecule has 0 aliphatic rings. The number of hydrogen-bond donors (Lipinski definition) is 1. The van der Waals surface area contributed by atoms with Crippen LogP contribution in [0.3, 0.4) is 0 Å². The molecule has 0 aliphatic heterocycles. The van der Waals surface area contributed by atoms with Crippen LogP contribution in [0.4, 0.5) is 0 Å². The van der Waals surface area contributed by atoms with Gasteiger partial charge in [0, 0.05) is 22.3 Å². The van der Waals surface area contributed by atoms with Gasteiger partial charge in [-0.3, -0.25) is 0 Å². The van der Waals surface area contributed by atoms with E-state index in [0.717, 1.165) is 33.4 Å². The highest BCUT2D eigenvalue weighted by Crippen LogP contribution is 2.34. The number of aromatic nitrogens is 1. The van der Waals surface area contributed by atoms with E-state index in [4.69, 9.17) is 16.9 Å². The normalized spacial score (nSPS) is 12.3. The van der Waals surface area contributed by atoms with Crippen LogP contribution in [0.2, 0.25) is 0 Å². The summed E-state index contributed by atoms with van der Waals surface area (Å²) in [7, 11) is 0. The zero-order valence-electron chi connectivity index (χ0n) is 13.0. The molecule has 3 nitrogen and oxygen atoms in total. The lowest BCUT2D eigenvalue weighted by atomic mass is 10.1. The topological polar surface area (TPSA) is 49.0 Å². The molecule has 0 spiro atoms. The smallest absolute Gasteiger partial charge is 0.0991 e. The second-order valence-electron chi connectivity index (χ2n) is 5.68. The number of aryl methyl sites for hydroxylation is 1. The molecule has 0 fully saturated rings. The second-order valence-corrected chi connectivity index (χ2v) is 5.99. The van der Waals surface area contributed by atoms with Crippen LogP contribution < -0.4 is 0 Å². The summed E-state index contributed by atoms with van der Waals surface area (Å²) >= 11 is 5.89. The molecule has 0 radical (unpaired) electrons. The second kappa shape index (κ2) is 6.08. The molecule has 23 heavy (non-hydrogen) atoms. The number of fused-ring (bicyclic) bond motifs is 1. The van der Waals surface area contributed by atoms with Crippen LogP contribution in [0.15, 0.2) is 42.5 Å². The van der Waals surface area contributed by atoms with Crippen molar-refractivity contribution in [2.45, 2.75) is 20.0 Å². The lowest BCUT2D eigenvalue weighted by Gasteiger charge is -2.11. The summed E-state index contributed by atoms with van der Waals surface area (Å²) in [6, 6.07) is 15.7. The number of aliphatic hydroxyl groups is 1. The van der Waals surface area contributed by atoms with Gasteiger partial charge in [0.15, 0.2) is 0 Å². The Morgan fingerprint density at radius 3 is 2.48 bits per heavy atom. The van der Waals surface area contributed by atoms with Crippen LogP contribution in [-0.2, 0) is 0 Å². The van der Waals surface area contributed by atoms with Crippen LogP contribution in [0.5, 0.6) is 0 Å². The average molecular weight is 325 g/mol. The Labute approximate surface area is 140 Å². The number of rotatable bonds is 3. The molecule has 2 aromatic carbocycles. The molecule has 116 valence electrons. The van der Waals surface area contributed by atoms with Crippen molar-refractivity contribution in [3.8, 4) is 11.8 Å². The van der Waals surface area contributed by atoms with Crippen molar-refractivity contribution in [1.82, 2.24) is 4.57 Å². The van der Waals surface area contributed by atoms with Crippen molar-refractivity contribution in [1.29, 1.82) is 5.26 Å². The summed E-state index contributed by atoms with van der Waals surface area (Å²) in [6.07, 6.45) is -0.707. The molecular formula is C19H17ClN2O. The first kappa shape index (κ1) is 15.6. The SMILES string of the molecule is Cc1ccc2c(C(O)CCl)c(C)n(-c3ccc(C#N)cc3)c2c1. The molecule has 1 atom stereocenters. The Kier molecular flexibility index (Phi) is 4.12. The van der Waals surface area contributed by atoms with Gasteiger partial charge in [0.25, 0.3) is 0 Å². The zero-order valence-corrected chi connectivity index (χ0v) is 13.8. The molecule has 1 unspecified atom stereocenters. The van der Waals surface area contributed by atoms with Gasteiger partial charge in [0.1, 0.15) is 0 Å². The number of halogens is 1. The summed E-state index contributed by atoms with van der Waals surface area (Å²) in [5, 5.41) is 20.3. The minimum atomic E-state index is -0.707. The predicted molar refractivity (Wildman–Crippen MR) is 93.1 cm³/mol. The molecular weight excluding hydrogens is 308 g/mol. The number of nitriles is 1. The van der Waals surface area contributed by atoms with E-state index in [2.05, 4.69) is 16.7 Å². The number of hydrogen-bond acceptors (Lipinski definition) is 2. The Morgan fingerprint density at radius 2 is 1.87 bits per heavy atom. The molecule has 0 saturated heterocycles.